The van der Waals surface area contributed by atoms with Gasteiger partial charge in [0, 0.05) is 27.4 Å². The highest BCUT2D eigenvalue weighted by Gasteiger charge is 2.46. The van der Waals surface area contributed by atoms with Crippen LogP contribution in [-0.2, 0) is 5.41 Å². The predicted molar refractivity (Wildman–Crippen MR) is 83.9 cm³/mol. The third kappa shape index (κ3) is 2.98. The van der Waals surface area contributed by atoms with Crippen LogP contribution in [0.3, 0.4) is 0 Å². The number of hydrogen-bond donors (Lipinski definition) is 0. The van der Waals surface area contributed by atoms with E-state index in [1.54, 1.807) is 0 Å². The van der Waals surface area contributed by atoms with E-state index in [9.17, 15) is 0 Å². The van der Waals surface area contributed by atoms with Crippen LogP contribution in [0, 0.1) is 5.92 Å². The van der Waals surface area contributed by atoms with Crippen LogP contribution in [0.25, 0.3) is 0 Å². The van der Waals surface area contributed by atoms with Crippen LogP contribution < -0.4 is 0 Å². The van der Waals surface area contributed by atoms with Crippen LogP contribution in [-0.4, -0.2) is 24.9 Å². The largest absolute Gasteiger partial charge is 0.306 e. The number of rotatable bonds is 5. The van der Waals surface area contributed by atoms with Gasteiger partial charge in [0.1, 0.15) is 0 Å². The number of nitrogens with zero attached hydrogens (tertiary/aromatic N) is 1. The van der Waals surface area contributed by atoms with Crippen molar-refractivity contribution in [3.8, 4) is 0 Å². The van der Waals surface area contributed by atoms with Crippen molar-refractivity contribution >= 4 is 11.6 Å². The van der Waals surface area contributed by atoms with Crippen molar-refractivity contribution in [3.63, 3.8) is 0 Å². The van der Waals surface area contributed by atoms with E-state index in [0.717, 1.165) is 0 Å². The smallest absolute Gasteiger partial charge is 0.0639 e. The monoisotopic (exact) mass is 291 g/mol. The lowest BCUT2D eigenvalue weighted by molar-refractivity contribution is 0.0808. The first-order valence-corrected chi connectivity index (χ1v) is 6.75. The fourth-order valence-corrected chi connectivity index (χ4v) is 2.66. The molecule has 2 heteroatoms. The highest BCUT2D eigenvalue weighted by atomic mass is 35.5. The summed E-state index contributed by atoms with van der Waals surface area (Å²) in [5.74, 6) is -0.802. The Hall–Kier alpha value is -0.530. The Bertz CT molecular complexity index is 798. The number of likely N-dealkylation sites (N-methyl/N-ethyl adjacent to an activating group) is 1. The van der Waals surface area contributed by atoms with Gasteiger partial charge in [-0.05, 0) is 56.7 Å². The highest BCUT2D eigenvalue weighted by molar-refractivity contribution is 6.30. The van der Waals surface area contributed by atoms with E-state index in [4.69, 9.17) is 28.1 Å². The highest BCUT2D eigenvalue weighted by Crippen LogP contribution is 2.49. The first-order valence-electron chi connectivity index (χ1n) is 12.4. The minimum atomic E-state index is -3.20. The maximum Gasteiger partial charge on any atom is 0.0639 e. The molecule has 1 atom stereocenters. The maximum absolute atomic E-state index is 8.74. The predicted octanol–water partition coefficient (Wildman–Crippen LogP) is 4.74. The van der Waals surface area contributed by atoms with E-state index in [-0.39, 0.29) is 23.3 Å². The van der Waals surface area contributed by atoms with Crippen molar-refractivity contribution in [2.75, 3.05) is 14.0 Å². The van der Waals surface area contributed by atoms with Gasteiger partial charge in [0.05, 0.1) is 5.48 Å². The van der Waals surface area contributed by atoms with Crippen molar-refractivity contribution in [2.45, 2.75) is 50.9 Å². The number of hydrogen-bond acceptors (Lipinski definition) is 1. The van der Waals surface area contributed by atoms with Gasteiger partial charge in [-0.25, -0.2) is 0 Å². The third-order valence-corrected chi connectivity index (χ3v) is 3.80. The number of halogens is 1. The molecule has 19 heavy (non-hydrogen) atoms. The molecule has 0 saturated heterocycles. The molecule has 2 rings (SSSR count). The van der Waals surface area contributed by atoms with E-state index in [0.29, 0.717) is 6.42 Å². The summed E-state index contributed by atoms with van der Waals surface area (Å²) in [7, 11) is 0. The van der Waals surface area contributed by atoms with Gasteiger partial charge in [-0.15, -0.1) is 0 Å². The molecule has 1 aliphatic carbocycles. The molecule has 0 aliphatic heterocycles. The molecule has 0 heterocycles. The van der Waals surface area contributed by atoms with Crippen LogP contribution in [0.5, 0.6) is 0 Å². The Morgan fingerprint density at radius 2 is 2.00 bits per heavy atom. The van der Waals surface area contributed by atoms with Crippen LogP contribution in [0.2, 0.25) is 5.02 Å². The van der Waals surface area contributed by atoms with Crippen molar-refractivity contribution in [1.82, 2.24) is 4.90 Å². The summed E-state index contributed by atoms with van der Waals surface area (Å²) in [5, 5.41) is -0.403. The summed E-state index contributed by atoms with van der Waals surface area (Å²) in [4.78, 5) is 0.208. The van der Waals surface area contributed by atoms with Gasteiger partial charge >= 0.3 is 0 Å². The fraction of sp³-hybridized carbons (Fsp3) is 0.647. The first-order chi connectivity index (χ1) is 13.8. The SMILES string of the molecule is [2H]c1c([2H])c(C2(C(N(C([2H])([2H])[2H])C([2H])([2H])[2H])C([2H])([2H])C(C)C)CCC2)c([2H])c([2H])c1Cl. The molecule has 1 saturated carbocycles. The fourth-order valence-electron chi connectivity index (χ4n) is 2.56. The summed E-state index contributed by atoms with van der Waals surface area (Å²) in [5.41, 5.74) is -1.74. The minimum Gasteiger partial charge on any atom is -0.306 e. The van der Waals surface area contributed by atoms with Gasteiger partial charge in [-0.2, -0.15) is 0 Å². The zero-order valence-corrected chi connectivity index (χ0v) is 11.9. The van der Waals surface area contributed by atoms with E-state index in [1.807, 2.05) is 0 Å². The van der Waals surface area contributed by atoms with Gasteiger partial charge in [0.25, 0.3) is 0 Å². The molecule has 0 aromatic heterocycles. The lowest BCUT2D eigenvalue weighted by atomic mass is 9.58. The Labute approximate surface area is 139 Å². The van der Waals surface area contributed by atoms with E-state index in [1.165, 1.54) is 13.8 Å². The van der Waals surface area contributed by atoms with Gasteiger partial charge in [-0.1, -0.05) is 44.0 Å². The molecule has 1 fully saturated rings. The molecule has 106 valence electrons. The van der Waals surface area contributed by atoms with Crippen LogP contribution in [0.15, 0.2) is 24.2 Å². The summed E-state index contributed by atoms with van der Waals surface area (Å²) in [6.45, 7) is -3.39. The van der Waals surface area contributed by atoms with Gasteiger partial charge < -0.3 is 4.90 Å². The minimum absolute atomic E-state index is 0.116. The second-order valence-corrected chi connectivity index (χ2v) is 5.67. The van der Waals surface area contributed by atoms with Gasteiger partial charge in [0.2, 0.25) is 0 Å². The van der Waals surface area contributed by atoms with E-state index in [2.05, 4.69) is 0 Å². The van der Waals surface area contributed by atoms with E-state index < -0.39 is 66.9 Å². The lowest BCUT2D eigenvalue weighted by Crippen LogP contribution is -2.52. The second kappa shape index (κ2) is 5.85. The van der Waals surface area contributed by atoms with Crippen LogP contribution >= 0.6 is 11.6 Å². The molecule has 0 radical (unpaired) electrons. The zero-order valence-electron chi connectivity index (χ0n) is 23.1. The summed E-state index contributed by atoms with van der Waals surface area (Å²) >= 11 is 5.92. The van der Waals surface area contributed by atoms with Crippen LogP contribution in [0.1, 0.15) is 61.5 Å². The molecule has 0 bridgehead atoms. The van der Waals surface area contributed by atoms with Crippen molar-refractivity contribution in [3.05, 3.63) is 34.8 Å². The Morgan fingerprint density at radius 1 is 1.37 bits per heavy atom. The molecule has 0 N–H and O–H groups in total. The molecule has 1 unspecified atom stereocenters. The zero-order chi connectivity index (χ0) is 24.3. The third-order valence-electron chi connectivity index (χ3n) is 3.61. The lowest BCUT2D eigenvalue weighted by Gasteiger charge is -2.51. The van der Waals surface area contributed by atoms with Gasteiger partial charge in [0.15, 0.2) is 0 Å². The average Bonchev–Trinajstić information content (AvgIpc) is 2.56. The van der Waals surface area contributed by atoms with Crippen LogP contribution in [0.4, 0.5) is 0 Å². The van der Waals surface area contributed by atoms with Crippen molar-refractivity contribution in [2.24, 2.45) is 5.92 Å². The van der Waals surface area contributed by atoms with Crippen molar-refractivity contribution in [1.29, 1.82) is 0 Å². The molecule has 0 amide bonds. The van der Waals surface area contributed by atoms with Gasteiger partial charge in [-0.3, -0.25) is 0 Å². The first kappa shape index (κ1) is 5.69. The van der Waals surface area contributed by atoms with E-state index >= 15 is 0 Å². The summed E-state index contributed by atoms with van der Waals surface area (Å²) in [6, 6.07) is -3.83. The quantitative estimate of drug-likeness (QED) is 0.757. The topological polar surface area (TPSA) is 3.24 Å². The normalized spacial score (nSPS) is 30.8. The molecular formula is C17H26ClN. The Balaban J connectivity index is 2.98. The number of benzene rings is 1. The molecule has 1 aromatic carbocycles. The summed E-state index contributed by atoms with van der Waals surface area (Å²) in [6.07, 6.45) is -1.63. The molecule has 1 aromatic rings. The standard InChI is InChI=1S/C17H26ClN/c1-13(2)12-16(19(3)4)17(10-5-11-17)14-6-8-15(18)9-7-14/h6-9,13,16H,5,10-12H2,1-4H3/i3D3,4D3,6D,7D,8D,9D,12D2. The maximum atomic E-state index is 8.74. The molecule has 0 spiro atoms. The Kier molecular flexibility index (Phi) is 1.75. The molecule has 1 nitrogen and oxygen atoms in total. The van der Waals surface area contributed by atoms with Crippen molar-refractivity contribution < 1.29 is 16.4 Å². The molecular weight excluding hydrogens is 254 g/mol. The Morgan fingerprint density at radius 3 is 2.42 bits per heavy atom. The molecule has 1 aliphatic rings. The second-order valence-electron chi connectivity index (χ2n) is 5.29. The summed E-state index contributed by atoms with van der Waals surface area (Å²) < 4.78 is 98.0. The average molecular weight is 292 g/mol.